The summed E-state index contributed by atoms with van der Waals surface area (Å²) in [5.41, 5.74) is 3.37. The highest BCUT2D eigenvalue weighted by Gasteiger charge is 2.08. The normalized spacial score (nSPS) is 15.3. The average molecular weight is 280 g/mol. The Bertz CT molecular complexity index is 990. The predicted molar refractivity (Wildman–Crippen MR) is 90.7 cm³/mol. The maximum absolute atomic E-state index is 8.23. The molecule has 2 aromatic carbocycles. The van der Waals surface area contributed by atoms with Crippen molar-refractivity contribution in [2.75, 3.05) is 0 Å². The van der Waals surface area contributed by atoms with Gasteiger partial charge in [-0.05, 0) is 48.8 Å². The first-order valence-electron chi connectivity index (χ1n) is 9.61. The fourth-order valence-electron chi connectivity index (χ4n) is 2.58. The molecule has 3 aromatic rings. The monoisotopic (exact) mass is 280 g/mol. The number of benzene rings is 2. The van der Waals surface area contributed by atoms with Gasteiger partial charge >= 0.3 is 0 Å². The van der Waals surface area contributed by atoms with Gasteiger partial charge in [-0.15, -0.1) is 0 Å². The summed E-state index contributed by atoms with van der Waals surface area (Å²) in [5, 5.41) is 1.43. The van der Waals surface area contributed by atoms with Gasteiger partial charge in [0, 0.05) is 21.2 Å². The molecule has 0 atom stereocenters. The smallest absolute Gasteiger partial charge is 0.0840 e. The highest BCUT2D eigenvalue weighted by atomic mass is 14.7. The molecule has 106 valence electrons. The van der Waals surface area contributed by atoms with Crippen LogP contribution < -0.4 is 0 Å². The molecular weight excluding hydrogens is 254 g/mol. The highest BCUT2D eigenvalue weighted by Crippen LogP contribution is 2.29. The van der Waals surface area contributed by atoms with E-state index >= 15 is 0 Å². The van der Waals surface area contributed by atoms with Crippen LogP contribution in [0.4, 0.5) is 0 Å². The lowest BCUT2D eigenvalue weighted by Gasteiger charge is -2.11. The van der Waals surface area contributed by atoms with Gasteiger partial charge < -0.3 is 0 Å². The summed E-state index contributed by atoms with van der Waals surface area (Å²) in [6.45, 7) is 3.80. The van der Waals surface area contributed by atoms with Crippen molar-refractivity contribution in [2.45, 2.75) is 33.5 Å². The lowest BCUT2D eigenvalue weighted by molar-refractivity contribution is 0.869. The van der Waals surface area contributed by atoms with E-state index in [0.717, 1.165) is 16.5 Å². The van der Waals surface area contributed by atoms with Crippen molar-refractivity contribution in [3.8, 4) is 11.3 Å². The van der Waals surface area contributed by atoms with Gasteiger partial charge in [0.25, 0.3) is 0 Å². The van der Waals surface area contributed by atoms with Crippen LogP contribution in [-0.4, -0.2) is 4.98 Å². The lowest BCUT2D eigenvalue weighted by atomic mass is 9.96. The van der Waals surface area contributed by atoms with E-state index in [1.807, 2.05) is 31.2 Å². The summed E-state index contributed by atoms with van der Waals surface area (Å²) < 4.78 is 39.4. The summed E-state index contributed by atoms with van der Waals surface area (Å²) in [6.07, 6.45) is -0.106. The van der Waals surface area contributed by atoms with Crippen molar-refractivity contribution < 1.29 is 6.85 Å². The molecule has 21 heavy (non-hydrogen) atoms. The van der Waals surface area contributed by atoms with Crippen molar-refractivity contribution >= 4 is 10.8 Å². The molecule has 0 N–H and O–H groups in total. The molecule has 1 heteroatoms. The van der Waals surface area contributed by atoms with E-state index in [1.165, 1.54) is 0 Å². The first-order valence-corrected chi connectivity index (χ1v) is 7.11. The van der Waals surface area contributed by atoms with Gasteiger partial charge in [-0.1, -0.05) is 49.2 Å². The van der Waals surface area contributed by atoms with Gasteiger partial charge in [0.1, 0.15) is 0 Å². The second-order valence-electron chi connectivity index (χ2n) is 5.74. The minimum Gasteiger partial charge on any atom is -0.256 e. The molecule has 1 aromatic heterocycles. The van der Waals surface area contributed by atoms with Crippen LogP contribution in [0.15, 0.2) is 48.6 Å². The minimum atomic E-state index is -2.21. The number of aromatic nitrogens is 1. The van der Waals surface area contributed by atoms with E-state index in [-0.39, 0.29) is 17.8 Å². The zero-order chi connectivity index (χ0) is 19.2. The molecule has 0 aliphatic rings. The van der Waals surface area contributed by atoms with Crippen LogP contribution >= 0.6 is 0 Å². The van der Waals surface area contributed by atoms with Crippen molar-refractivity contribution in [2.24, 2.45) is 0 Å². The molecule has 1 heterocycles. The number of hydrogen-bond donors (Lipinski definition) is 0. The molecule has 0 aliphatic heterocycles. The Morgan fingerprint density at radius 3 is 2.67 bits per heavy atom. The lowest BCUT2D eigenvalue weighted by Crippen LogP contribution is -1.91. The van der Waals surface area contributed by atoms with Crippen molar-refractivity contribution in [3.63, 3.8) is 0 Å². The highest BCUT2D eigenvalue weighted by molar-refractivity contribution is 5.95. The van der Waals surface area contributed by atoms with Gasteiger partial charge in [0.15, 0.2) is 0 Å². The fourth-order valence-corrected chi connectivity index (χ4v) is 2.58. The SMILES string of the molecule is [2H]c1nc(-c2cc(C)cc(C([2H])([2H])[2H])c2)c2ccc(C(C)C)cc2c1[2H]. The average Bonchev–Trinajstić information content (AvgIpc) is 2.56. The summed E-state index contributed by atoms with van der Waals surface area (Å²) in [4.78, 5) is 4.31. The quantitative estimate of drug-likeness (QED) is 0.591. The third kappa shape index (κ3) is 2.69. The molecule has 0 saturated carbocycles. The molecular formula is C20H21N. The molecule has 0 unspecified atom stereocenters. The number of pyridine rings is 1. The van der Waals surface area contributed by atoms with Gasteiger partial charge in [-0.25, -0.2) is 0 Å². The third-order valence-corrected chi connectivity index (χ3v) is 3.67. The molecule has 0 saturated heterocycles. The Labute approximate surface area is 133 Å². The van der Waals surface area contributed by atoms with Crippen LogP contribution in [0.1, 0.15) is 43.3 Å². The van der Waals surface area contributed by atoms with Gasteiger partial charge in [0.2, 0.25) is 0 Å². The van der Waals surface area contributed by atoms with Crippen LogP contribution in [0.2, 0.25) is 0 Å². The number of hydrogen-bond acceptors (Lipinski definition) is 1. The Hall–Kier alpha value is -2.15. The first kappa shape index (κ1) is 8.99. The second kappa shape index (κ2) is 5.33. The van der Waals surface area contributed by atoms with E-state index in [9.17, 15) is 0 Å². The second-order valence-corrected chi connectivity index (χ2v) is 5.74. The Morgan fingerprint density at radius 2 is 1.90 bits per heavy atom. The molecule has 0 fully saturated rings. The standard InChI is InChI=1S/C20H21N/c1-13(2)16-5-6-19-17(12-16)7-8-21-20(19)18-10-14(3)9-15(4)11-18/h5-13H,1-4H3/i3D3,7D,8D. The molecule has 0 amide bonds. The summed E-state index contributed by atoms with van der Waals surface area (Å²) in [6, 6.07) is 11.1. The van der Waals surface area contributed by atoms with Crippen molar-refractivity contribution in [1.29, 1.82) is 0 Å². The number of fused-ring (bicyclic) bond motifs is 1. The number of aryl methyl sites for hydroxylation is 2. The van der Waals surface area contributed by atoms with Crippen LogP contribution in [0, 0.1) is 13.8 Å². The maximum atomic E-state index is 8.23. The van der Waals surface area contributed by atoms with Gasteiger partial charge in [-0.2, -0.15) is 0 Å². The minimum absolute atomic E-state index is 0.0925. The maximum Gasteiger partial charge on any atom is 0.0840 e. The van der Waals surface area contributed by atoms with Crippen molar-refractivity contribution in [1.82, 2.24) is 4.98 Å². The Morgan fingerprint density at radius 1 is 1.10 bits per heavy atom. The summed E-state index contributed by atoms with van der Waals surface area (Å²) in [7, 11) is 0. The molecule has 0 radical (unpaired) electrons. The van der Waals surface area contributed by atoms with Crippen LogP contribution in [-0.2, 0) is 0 Å². The van der Waals surface area contributed by atoms with Crippen LogP contribution in [0.5, 0.6) is 0 Å². The number of nitrogens with zero attached hydrogens (tertiary/aromatic N) is 1. The zero-order valence-electron chi connectivity index (χ0n) is 17.5. The first-order chi connectivity index (χ1) is 12.1. The number of rotatable bonds is 2. The zero-order valence-corrected chi connectivity index (χ0v) is 12.5. The van der Waals surface area contributed by atoms with E-state index in [1.54, 1.807) is 12.1 Å². The topological polar surface area (TPSA) is 12.9 Å². The molecule has 3 rings (SSSR count). The molecule has 0 aliphatic carbocycles. The molecule has 0 spiro atoms. The van der Waals surface area contributed by atoms with Gasteiger partial charge in [-0.3, -0.25) is 4.98 Å². The molecule has 0 bridgehead atoms. The third-order valence-electron chi connectivity index (χ3n) is 3.67. The van der Waals surface area contributed by atoms with Crippen molar-refractivity contribution in [3.05, 3.63) is 65.3 Å². The van der Waals surface area contributed by atoms with Crippen LogP contribution in [0.25, 0.3) is 22.0 Å². The Kier molecular flexibility index (Phi) is 2.28. The Balaban J connectivity index is 2.33. The van der Waals surface area contributed by atoms with Crippen LogP contribution in [0.3, 0.4) is 0 Å². The van der Waals surface area contributed by atoms with E-state index in [4.69, 9.17) is 6.85 Å². The summed E-state index contributed by atoms with van der Waals surface area (Å²) >= 11 is 0. The van der Waals surface area contributed by atoms with E-state index in [2.05, 4.69) is 18.8 Å². The van der Waals surface area contributed by atoms with E-state index < -0.39 is 6.85 Å². The molecule has 1 nitrogen and oxygen atoms in total. The predicted octanol–water partition coefficient (Wildman–Crippen LogP) is 5.64. The largest absolute Gasteiger partial charge is 0.256 e. The fraction of sp³-hybridized carbons (Fsp3) is 0.250. The summed E-state index contributed by atoms with van der Waals surface area (Å²) in [5.74, 6) is 0.311. The van der Waals surface area contributed by atoms with E-state index in [0.29, 0.717) is 22.6 Å². The van der Waals surface area contributed by atoms with Gasteiger partial charge in [0.05, 0.1) is 8.44 Å².